The van der Waals surface area contributed by atoms with Crippen LogP contribution in [0.1, 0.15) is 5.56 Å². The number of esters is 1. The SMILES string of the molecule is COC(=O)Cn1c(O)c(N=NC(=O)CNc2cccc(C)c2)c2ccccc21. The van der Waals surface area contributed by atoms with Crippen molar-refractivity contribution < 1.29 is 19.4 Å². The first-order chi connectivity index (χ1) is 13.5. The number of aryl methyl sites for hydroxylation is 1. The molecular formula is C20H20N4O4. The smallest absolute Gasteiger partial charge is 0.325 e. The first kappa shape index (κ1) is 19.1. The minimum absolute atomic E-state index is 0.0332. The third-order valence-electron chi connectivity index (χ3n) is 4.16. The average Bonchev–Trinajstić information content (AvgIpc) is 2.96. The van der Waals surface area contributed by atoms with Gasteiger partial charge in [-0.3, -0.25) is 14.2 Å². The van der Waals surface area contributed by atoms with E-state index in [-0.39, 0.29) is 24.7 Å². The summed E-state index contributed by atoms with van der Waals surface area (Å²) in [6.07, 6.45) is 0. The molecule has 1 aromatic heterocycles. The Balaban J connectivity index is 1.80. The molecule has 1 heterocycles. The van der Waals surface area contributed by atoms with Gasteiger partial charge in [0.1, 0.15) is 6.54 Å². The van der Waals surface area contributed by atoms with Crippen molar-refractivity contribution in [3.63, 3.8) is 0 Å². The molecule has 0 unspecified atom stereocenters. The number of rotatable bonds is 6. The van der Waals surface area contributed by atoms with Crippen LogP contribution in [0.25, 0.3) is 10.9 Å². The number of carbonyl (C=O) groups is 2. The zero-order valence-corrected chi connectivity index (χ0v) is 15.5. The van der Waals surface area contributed by atoms with Gasteiger partial charge in [-0.2, -0.15) is 0 Å². The van der Waals surface area contributed by atoms with Crippen molar-refractivity contribution in [2.24, 2.45) is 10.2 Å². The third kappa shape index (κ3) is 4.17. The van der Waals surface area contributed by atoms with E-state index in [1.165, 1.54) is 11.7 Å². The number of anilines is 1. The molecule has 0 atom stereocenters. The number of fused-ring (bicyclic) bond motifs is 1. The Kier molecular flexibility index (Phi) is 5.69. The maximum atomic E-state index is 12.1. The van der Waals surface area contributed by atoms with Gasteiger partial charge in [0, 0.05) is 11.1 Å². The van der Waals surface area contributed by atoms with E-state index >= 15 is 0 Å². The Morgan fingerprint density at radius 1 is 1.18 bits per heavy atom. The molecule has 0 aliphatic rings. The molecule has 8 heteroatoms. The van der Waals surface area contributed by atoms with Crippen LogP contribution in [0, 0.1) is 6.92 Å². The predicted octanol–water partition coefficient (Wildman–Crippen LogP) is 3.55. The Hall–Kier alpha value is -3.68. The molecule has 3 aromatic rings. The lowest BCUT2D eigenvalue weighted by atomic mass is 10.2. The van der Waals surface area contributed by atoms with Crippen molar-refractivity contribution in [2.75, 3.05) is 19.0 Å². The minimum Gasteiger partial charge on any atom is -0.493 e. The van der Waals surface area contributed by atoms with Crippen LogP contribution in [0.4, 0.5) is 11.4 Å². The fourth-order valence-corrected chi connectivity index (χ4v) is 2.80. The Morgan fingerprint density at radius 2 is 1.96 bits per heavy atom. The Morgan fingerprint density at radius 3 is 2.71 bits per heavy atom. The molecule has 2 aromatic carbocycles. The number of aromatic hydroxyl groups is 1. The summed E-state index contributed by atoms with van der Waals surface area (Å²) >= 11 is 0. The molecule has 0 fully saturated rings. The molecule has 28 heavy (non-hydrogen) atoms. The molecule has 0 bridgehead atoms. The maximum Gasteiger partial charge on any atom is 0.325 e. The minimum atomic E-state index is -0.516. The summed E-state index contributed by atoms with van der Waals surface area (Å²) in [5, 5.41) is 21.7. The average molecular weight is 380 g/mol. The van der Waals surface area contributed by atoms with Gasteiger partial charge in [-0.25, -0.2) is 0 Å². The van der Waals surface area contributed by atoms with Crippen molar-refractivity contribution in [1.29, 1.82) is 0 Å². The van der Waals surface area contributed by atoms with Crippen molar-refractivity contribution in [3.8, 4) is 5.88 Å². The zero-order chi connectivity index (χ0) is 20.1. The van der Waals surface area contributed by atoms with E-state index in [1.807, 2.05) is 31.2 Å². The Labute approximate surface area is 161 Å². The number of nitrogens with one attached hydrogen (secondary N) is 1. The second kappa shape index (κ2) is 8.34. The zero-order valence-electron chi connectivity index (χ0n) is 15.5. The van der Waals surface area contributed by atoms with Crippen LogP contribution < -0.4 is 5.32 Å². The van der Waals surface area contributed by atoms with Gasteiger partial charge < -0.3 is 15.2 Å². The number of ether oxygens (including phenoxy) is 1. The van der Waals surface area contributed by atoms with E-state index in [0.29, 0.717) is 10.9 Å². The van der Waals surface area contributed by atoms with Crippen LogP contribution in [0.3, 0.4) is 0 Å². The number of para-hydroxylation sites is 1. The summed E-state index contributed by atoms with van der Waals surface area (Å²) < 4.78 is 6.03. The van der Waals surface area contributed by atoms with Gasteiger partial charge in [0.2, 0.25) is 5.88 Å². The van der Waals surface area contributed by atoms with Crippen LogP contribution in [-0.4, -0.2) is 35.2 Å². The van der Waals surface area contributed by atoms with Gasteiger partial charge in [0.15, 0.2) is 5.69 Å². The molecule has 0 aliphatic heterocycles. The summed E-state index contributed by atoms with van der Waals surface area (Å²) in [6.45, 7) is 1.75. The van der Waals surface area contributed by atoms with Crippen molar-refractivity contribution in [1.82, 2.24) is 4.57 Å². The molecule has 3 rings (SSSR count). The summed E-state index contributed by atoms with van der Waals surface area (Å²) in [6, 6.07) is 14.6. The van der Waals surface area contributed by atoms with Gasteiger partial charge in [-0.05, 0) is 30.7 Å². The molecule has 0 aliphatic carbocycles. The number of nitrogens with zero attached hydrogens (tertiary/aromatic N) is 3. The van der Waals surface area contributed by atoms with E-state index in [1.54, 1.807) is 24.3 Å². The van der Waals surface area contributed by atoms with Crippen LogP contribution >= 0.6 is 0 Å². The monoisotopic (exact) mass is 380 g/mol. The number of carbonyl (C=O) groups excluding carboxylic acids is 2. The lowest BCUT2D eigenvalue weighted by Gasteiger charge is -2.04. The fourth-order valence-electron chi connectivity index (χ4n) is 2.80. The first-order valence-electron chi connectivity index (χ1n) is 8.61. The van der Waals surface area contributed by atoms with Gasteiger partial charge in [0.25, 0.3) is 5.91 Å². The van der Waals surface area contributed by atoms with Crippen LogP contribution in [-0.2, 0) is 20.9 Å². The van der Waals surface area contributed by atoms with Gasteiger partial charge in [-0.1, -0.05) is 30.3 Å². The number of methoxy groups -OCH3 is 1. The van der Waals surface area contributed by atoms with E-state index in [0.717, 1.165) is 11.3 Å². The summed E-state index contributed by atoms with van der Waals surface area (Å²) in [7, 11) is 1.27. The molecule has 0 radical (unpaired) electrons. The molecule has 0 saturated carbocycles. The van der Waals surface area contributed by atoms with Crippen LogP contribution in [0.15, 0.2) is 58.8 Å². The lowest BCUT2D eigenvalue weighted by molar-refractivity contribution is -0.141. The van der Waals surface area contributed by atoms with Crippen molar-refractivity contribution in [3.05, 3.63) is 54.1 Å². The summed E-state index contributed by atoms with van der Waals surface area (Å²) in [5.41, 5.74) is 2.59. The van der Waals surface area contributed by atoms with Gasteiger partial charge in [-0.15, -0.1) is 10.2 Å². The number of azo groups is 1. The highest BCUT2D eigenvalue weighted by Gasteiger charge is 2.18. The molecule has 8 nitrogen and oxygen atoms in total. The number of aromatic nitrogens is 1. The molecule has 0 spiro atoms. The van der Waals surface area contributed by atoms with E-state index in [9.17, 15) is 14.7 Å². The molecular weight excluding hydrogens is 360 g/mol. The van der Waals surface area contributed by atoms with E-state index in [2.05, 4.69) is 20.3 Å². The maximum absolute atomic E-state index is 12.1. The fraction of sp³-hybridized carbons (Fsp3) is 0.200. The van der Waals surface area contributed by atoms with Crippen molar-refractivity contribution in [2.45, 2.75) is 13.5 Å². The summed E-state index contributed by atoms with van der Waals surface area (Å²) in [4.78, 5) is 23.7. The standard InChI is InChI=1S/C20H20N4O4/c1-13-6-5-7-14(10-13)21-11-17(25)22-23-19-15-8-3-4-9-16(15)24(20(19)27)12-18(26)28-2/h3-10,21,27H,11-12H2,1-2H3. The lowest BCUT2D eigenvalue weighted by Crippen LogP contribution is -2.11. The molecule has 144 valence electrons. The number of benzene rings is 2. The molecule has 0 saturated heterocycles. The molecule has 1 amide bonds. The summed E-state index contributed by atoms with van der Waals surface area (Å²) in [5.74, 6) is -1.27. The number of hydrogen-bond donors (Lipinski definition) is 2. The van der Waals surface area contributed by atoms with Crippen LogP contribution in [0.2, 0.25) is 0 Å². The first-order valence-corrected chi connectivity index (χ1v) is 8.61. The number of amides is 1. The topological polar surface area (TPSA) is 105 Å². The van der Waals surface area contributed by atoms with Crippen molar-refractivity contribution >= 4 is 34.2 Å². The largest absolute Gasteiger partial charge is 0.493 e. The van der Waals surface area contributed by atoms with Crippen LogP contribution in [0.5, 0.6) is 5.88 Å². The van der Waals surface area contributed by atoms with Gasteiger partial charge in [0.05, 0.1) is 19.2 Å². The Bertz CT molecular complexity index is 1060. The highest BCUT2D eigenvalue weighted by Crippen LogP contribution is 2.38. The van der Waals surface area contributed by atoms with E-state index in [4.69, 9.17) is 0 Å². The highest BCUT2D eigenvalue weighted by molar-refractivity contribution is 5.96. The second-order valence-electron chi connectivity index (χ2n) is 6.17. The predicted molar refractivity (Wildman–Crippen MR) is 105 cm³/mol. The highest BCUT2D eigenvalue weighted by atomic mass is 16.5. The second-order valence-corrected chi connectivity index (χ2v) is 6.17. The van der Waals surface area contributed by atoms with E-state index < -0.39 is 11.9 Å². The van der Waals surface area contributed by atoms with Gasteiger partial charge >= 0.3 is 5.97 Å². The molecule has 2 N–H and O–H groups in total. The number of hydrogen-bond acceptors (Lipinski definition) is 6. The third-order valence-corrected chi connectivity index (χ3v) is 4.16. The quantitative estimate of drug-likeness (QED) is 0.502. The normalized spacial score (nSPS) is 11.1.